The maximum absolute atomic E-state index is 11.7. The van der Waals surface area contributed by atoms with Gasteiger partial charge in [-0.05, 0) is 98.8 Å². The van der Waals surface area contributed by atoms with Gasteiger partial charge in [0, 0.05) is 22.3 Å². The lowest BCUT2D eigenvalue weighted by Crippen LogP contribution is -2.74. The average Bonchev–Trinajstić information content (AvgIpc) is 3.77. The summed E-state index contributed by atoms with van der Waals surface area (Å²) in [7, 11) is -2.86. The number of phenolic OH excluding ortho intramolecular Hbond substituents is 1. The predicted molar refractivity (Wildman–Crippen MR) is 280 cm³/mol. The van der Waals surface area contributed by atoms with Crippen molar-refractivity contribution in [1.82, 2.24) is 19.5 Å². The van der Waals surface area contributed by atoms with Gasteiger partial charge < -0.3 is 5.11 Å². The first-order valence-corrected chi connectivity index (χ1v) is 25.7. The number of benzene rings is 7. The number of hydrogen-bond acceptors (Lipinski definition) is 4. The summed E-state index contributed by atoms with van der Waals surface area (Å²) in [6.45, 7) is 13.6. The molecule has 1 aliphatic heterocycles. The molecule has 7 heteroatoms. The molecule has 1 aliphatic rings. The number of nitrogens with zero attached hydrogens (tertiary/aromatic N) is 5. The van der Waals surface area contributed by atoms with E-state index in [4.69, 9.17) is 15.0 Å². The summed E-state index contributed by atoms with van der Waals surface area (Å²) < 4.78 is 4.83. The third-order valence-electron chi connectivity index (χ3n) is 13.8. The van der Waals surface area contributed by atoms with Gasteiger partial charge in [-0.3, -0.25) is 0 Å². The van der Waals surface area contributed by atoms with E-state index < -0.39 is 8.07 Å². The summed E-state index contributed by atoms with van der Waals surface area (Å²) in [5.74, 6) is 2.31. The highest BCUT2D eigenvalue weighted by Gasteiger charge is 2.43. The Morgan fingerprint density at radius 3 is 1.76 bits per heavy atom. The second kappa shape index (κ2) is 16.8. The molecule has 7 aromatic carbocycles. The molecule has 0 fully saturated rings. The summed E-state index contributed by atoms with van der Waals surface area (Å²) in [5, 5.41) is 16.7. The number of imidazole rings is 1. The fourth-order valence-corrected chi connectivity index (χ4v) is 15.4. The largest absolute Gasteiger partial charge is 0.507 e. The van der Waals surface area contributed by atoms with Crippen LogP contribution in [0.5, 0.6) is 5.75 Å². The molecule has 0 saturated heterocycles. The minimum atomic E-state index is -2.86. The normalized spacial score (nSPS) is 13.5. The first-order chi connectivity index (χ1) is 33.0. The van der Waals surface area contributed by atoms with E-state index in [2.05, 4.69) is 227 Å². The van der Waals surface area contributed by atoms with Crippen molar-refractivity contribution in [2.75, 3.05) is 0 Å². The van der Waals surface area contributed by atoms with Crippen LogP contribution in [0.15, 0.2) is 200 Å². The number of aromatic nitrogens is 5. The Hall–Kier alpha value is -7.74. The number of phenols is 1. The highest BCUT2D eigenvalue weighted by Crippen LogP contribution is 2.43. The number of fused-ring (bicyclic) bond motifs is 2. The van der Waals surface area contributed by atoms with E-state index in [0.29, 0.717) is 11.3 Å². The van der Waals surface area contributed by atoms with Crippen LogP contribution in [0.3, 0.4) is 0 Å². The Labute approximate surface area is 400 Å². The molecule has 0 amide bonds. The van der Waals surface area contributed by atoms with Crippen molar-refractivity contribution in [1.29, 1.82) is 0 Å². The number of hydrogen-bond donors (Lipinski definition) is 1. The smallest absolute Gasteiger partial charge is 0.265 e. The number of rotatable bonds is 9. The molecule has 0 saturated carbocycles. The fourth-order valence-electron chi connectivity index (χ4n) is 10.6. The van der Waals surface area contributed by atoms with E-state index in [-0.39, 0.29) is 23.1 Å². The van der Waals surface area contributed by atoms with Crippen LogP contribution in [0.4, 0.5) is 0 Å². The summed E-state index contributed by atoms with van der Waals surface area (Å²) in [6, 6.07) is 68.9. The summed E-state index contributed by atoms with van der Waals surface area (Å²) in [6.07, 6.45) is 1.96. The molecule has 3 aromatic heterocycles. The molecule has 1 unspecified atom stereocenters. The maximum atomic E-state index is 11.7. The zero-order valence-corrected chi connectivity index (χ0v) is 40.4. The molecular formula is C61H54N5OSi+. The third-order valence-corrected chi connectivity index (χ3v) is 18.5. The van der Waals surface area contributed by atoms with Gasteiger partial charge in [0.15, 0.2) is 13.6 Å². The van der Waals surface area contributed by atoms with Crippen molar-refractivity contribution >= 4 is 40.0 Å². The van der Waals surface area contributed by atoms with Crippen molar-refractivity contribution in [3.05, 3.63) is 217 Å². The van der Waals surface area contributed by atoms with Gasteiger partial charge in [-0.2, -0.15) is 0 Å². The quantitative estimate of drug-likeness (QED) is 0.0890. The van der Waals surface area contributed by atoms with Crippen molar-refractivity contribution in [2.45, 2.75) is 58.9 Å². The van der Waals surface area contributed by atoms with Gasteiger partial charge >= 0.3 is 0 Å². The number of aromatic hydroxyl groups is 1. The van der Waals surface area contributed by atoms with Crippen LogP contribution in [0.25, 0.3) is 61.9 Å². The minimum Gasteiger partial charge on any atom is -0.507 e. The van der Waals surface area contributed by atoms with Gasteiger partial charge in [-0.1, -0.05) is 180 Å². The van der Waals surface area contributed by atoms with E-state index in [1.807, 2.05) is 24.4 Å². The van der Waals surface area contributed by atoms with Crippen LogP contribution >= 0.6 is 0 Å². The van der Waals surface area contributed by atoms with Gasteiger partial charge in [0.1, 0.15) is 23.7 Å². The van der Waals surface area contributed by atoms with Crippen molar-refractivity contribution < 1.29 is 9.67 Å². The van der Waals surface area contributed by atoms with Crippen molar-refractivity contribution in [3.63, 3.8) is 0 Å². The molecule has 4 heterocycles. The molecule has 1 atom stereocenters. The second-order valence-electron chi connectivity index (χ2n) is 19.5. The molecule has 0 radical (unpaired) electrons. The third kappa shape index (κ3) is 7.08. The fraction of sp³-hybridized carbons (Fsp3) is 0.148. The first kappa shape index (κ1) is 42.9. The van der Waals surface area contributed by atoms with Gasteiger partial charge in [-0.25, -0.2) is 19.1 Å². The molecule has 0 bridgehead atoms. The van der Waals surface area contributed by atoms with Crippen LogP contribution in [-0.2, 0) is 5.41 Å². The first-order valence-electron chi connectivity index (χ1n) is 23.7. The van der Waals surface area contributed by atoms with Gasteiger partial charge in [0.2, 0.25) is 11.6 Å². The van der Waals surface area contributed by atoms with Crippen LogP contribution in [0.1, 0.15) is 70.5 Å². The molecule has 332 valence electrons. The van der Waals surface area contributed by atoms with E-state index in [1.165, 1.54) is 43.5 Å². The van der Waals surface area contributed by atoms with Crippen molar-refractivity contribution in [3.8, 4) is 56.5 Å². The summed E-state index contributed by atoms with van der Waals surface area (Å²) in [5.41, 5.74) is 11.9. The maximum Gasteiger partial charge on any atom is 0.265 e. The van der Waals surface area contributed by atoms with Crippen LogP contribution in [-0.4, -0.2) is 32.7 Å². The van der Waals surface area contributed by atoms with E-state index >= 15 is 0 Å². The summed E-state index contributed by atoms with van der Waals surface area (Å²) >= 11 is 0. The van der Waals surface area contributed by atoms with Gasteiger partial charge in [0.25, 0.3) is 5.65 Å². The summed E-state index contributed by atoms with van der Waals surface area (Å²) in [4.78, 5) is 15.9. The Morgan fingerprint density at radius 1 is 0.574 bits per heavy atom. The van der Waals surface area contributed by atoms with E-state index in [1.54, 1.807) is 0 Å². The highest BCUT2D eigenvalue weighted by atomic mass is 28.3. The second-order valence-corrected chi connectivity index (χ2v) is 23.3. The molecule has 10 aromatic rings. The monoisotopic (exact) mass is 900 g/mol. The molecule has 0 aliphatic carbocycles. The topological polar surface area (TPSA) is 67.7 Å². The standard InChI is InChI=1S/C61H53N5OSi/c1-40(2)50-36-45(42-21-11-7-12-22-42)37-51-41(3)65-59-55(39-62-60(65)61(4,5)6)64-58(66(59)57(50)51)44-24-19-23-43(35-44)53-31-20-32-54(63-53)52-38-49(33-34-56(52)67)68(46-25-13-8-14-26-46,47-27-15-9-16-28-47)48-29-17-10-18-30-48/h7-41H,1-6H3/p+1. The molecule has 0 spiro atoms. The lowest BCUT2D eigenvalue weighted by atomic mass is 9.88. The van der Waals surface area contributed by atoms with Crippen molar-refractivity contribution in [2.24, 2.45) is 0 Å². The van der Waals surface area contributed by atoms with Gasteiger partial charge in [-0.15, -0.1) is 4.98 Å². The van der Waals surface area contributed by atoms with Crippen LogP contribution in [0.2, 0.25) is 0 Å². The Balaban J connectivity index is 1.07. The SMILES string of the molecule is CC(C)c1cc(-c2ccccc2)cc2c1-n1c(-c3cccc(-c4cccc(-c5cc([Si](c6ccccc6)(c6ccccc6)c6ccccc6)ccc5O)n4)c3)nc3cnc(C(C)(C)C)[n+](c31)C2C. The molecule has 68 heavy (non-hydrogen) atoms. The molecule has 1 N–H and O–H groups in total. The molecule has 11 rings (SSSR count). The molecular weight excluding hydrogens is 847 g/mol. The lowest BCUT2D eigenvalue weighted by molar-refractivity contribution is -0.702. The minimum absolute atomic E-state index is 0.0164. The average molecular weight is 901 g/mol. The predicted octanol–water partition coefficient (Wildman–Crippen LogP) is 11.2. The van der Waals surface area contributed by atoms with E-state index in [9.17, 15) is 5.11 Å². The van der Waals surface area contributed by atoms with Crippen LogP contribution < -0.4 is 25.3 Å². The van der Waals surface area contributed by atoms with Gasteiger partial charge in [0.05, 0.1) is 16.8 Å². The Morgan fingerprint density at radius 2 is 1.15 bits per heavy atom. The number of pyridine rings is 1. The highest BCUT2D eigenvalue weighted by molar-refractivity contribution is 7.19. The lowest BCUT2D eigenvalue weighted by Gasteiger charge is -2.34. The molecule has 6 nitrogen and oxygen atoms in total. The van der Waals surface area contributed by atoms with Crippen LogP contribution in [0, 0.1) is 0 Å². The van der Waals surface area contributed by atoms with E-state index in [0.717, 1.165) is 44.8 Å². The Bertz CT molecular complexity index is 3390. The Kier molecular flexibility index (Phi) is 10.6. The zero-order valence-electron chi connectivity index (χ0n) is 39.4. The zero-order chi connectivity index (χ0) is 46.7.